The molecule has 0 unspecified atom stereocenters. The van der Waals surface area contributed by atoms with Crippen LogP contribution in [0.2, 0.25) is 0 Å². The number of benzene rings is 1. The van der Waals surface area contributed by atoms with Gasteiger partial charge in [0.2, 0.25) is 0 Å². The number of methoxy groups -OCH3 is 1. The second-order valence-electron chi connectivity index (χ2n) is 7.75. The normalized spacial score (nSPS) is 11.2. The van der Waals surface area contributed by atoms with Crippen LogP contribution in [0.4, 0.5) is 0 Å². The van der Waals surface area contributed by atoms with Crippen molar-refractivity contribution in [1.82, 2.24) is 14.5 Å². The Morgan fingerprint density at radius 1 is 1.24 bits per heavy atom. The van der Waals surface area contributed by atoms with Crippen LogP contribution in [-0.2, 0) is 24.4 Å². The zero-order valence-corrected chi connectivity index (χ0v) is 20.1. The summed E-state index contributed by atoms with van der Waals surface area (Å²) < 4.78 is 12.4. The average molecular weight is 484 g/mol. The van der Waals surface area contributed by atoms with Crippen molar-refractivity contribution < 1.29 is 13.9 Å². The van der Waals surface area contributed by atoms with Gasteiger partial charge in [-0.05, 0) is 68.0 Å². The highest BCUT2D eigenvalue weighted by molar-refractivity contribution is 7.71. The van der Waals surface area contributed by atoms with E-state index in [9.17, 15) is 9.59 Å². The van der Waals surface area contributed by atoms with Crippen molar-refractivity contribution in [3.8, 4) is 0 Å². The summed E-state index contributed by atoms with van der Waals surface area (Å²) in [6.45, 7) is 3.86. The second-order valence-corrected chi connectivity index (χ2v) is 9.51. The number of carbonyl (C=O) groups excluding carboxylic acids is 1. The van der Waals surface area contributed by atoms with Gasteiger partial charge in [-0.1, -0.05) is 0 Å². The van der Waals surface area contributed by atoms with Crippen molar-refractivity contribution in [2.24, 2.45) is 0 Å². The number of amides is 1. The molecule has 0 fully saturated rings. The first kappa shape index (κ1) is 23.2. The third kappa shape index (κ3) is 5.32. The summed E-state index contributed by atoms with van der Waals surface area (Å²) in [7, 11) is 1.62. The van der Waals surface area contributed by atoms with E-state index >= 15 is 0 Å². The number of furan rings is 1. The van der Waals surface area contributed by atoms with Crippen molar-refractivity contribution in [1.29, 1.82) is 0 Å². The largest absolute Gasteiger partial charge is 0.467 e. The number of rotatable bonds is 9. The smallest absolute Gasteiger partial charge is 0.262 e. The quantitative estimate of drug-likeness (QED) is 0.271. The number of hydrogen-bond donors (Lipinski definition) is 1. The summed E-state index contributed by atoms with van der Waals surface area (Å²) in [5.74, 6) is 0.554. The zero-order valence-electron chi connectivity index (χ0n) is 18.5. The number of H-pyrrole nitrogens is 1. The fourth-order valence-corrected chi connectivity index (χ4v) is 4.88. The third-order valence-corrected chi connectivity index (χ3v) is 6.62. The highest BCUT2D eigenvalue weighted by Gasteiger charge is 2.20. The standard InChI is InChI=1S/C24H25N3O4S2/c1-16-6-8-19(33-16)15-26(14-18-5-3-12-31-18)22(28)17-7-9-20-21(13-17)25-24(32)27(23(20)29)10-4-11-30-2/h3,5-9,12-13H,4,10-11,14-15H2,1-2H3,(H,25,32). The molecule has 1 amide bonds. The van der Waals surface area contributed by atoms with E-state index < -0.39 is 0 Å². The lowest BCUT2D eigenvalue weighted by Gasteiger charge is -2.21. The van der Waals surface area contributed by atoms with E-state index in [1.807, 2.05) is 25.1 Å². The van der Waals surface area contributed by atoms with Gasteiger partial charge in [0, 0.05) is 35.6 Å². The number of aromatic nitrogens is 2. The summed E-state index contributed by atoms with van der Waals surface area (Å²) in [4.78, 5) is 33.6. The molecule has 0 bridgehead atoms. The van der Waals surface area contributed by atoms with Gasteiger partial charge in [0.15, 0.2) is 4.77 Å². The molecule has 0 aliphatic heterocycles. The molecule has 0 spiro atoms. The van der Waals surface area contributed by atoms with Crippen LogP contribution in [-0.4, -0.2) is 34.1 Å². The number of aromatic amines is 1. The molecule has 0 aliphatic rings. The summed E-state index contributed by atoms with van der Waals surface area (Å²) >= 11 is 7.06. The van der Waals surface area contributed by atoms with Gasteiger partial charge in [0.25, 0.3) is 11.5 Å². The fraction of sp³-hybridized carbons (Fsp3) is 0.292. The number of thiophene rings is 1. The molecule has 1 aromatic carbocycles. The Labute approximate surface area is 200 Å². The fourth-order valence-electron chi connectivity index (χ4n) is 3.69. The van der Waals surface area contributed by atoms with Gasteiger partial charge >= 0.3 is 0 Å². The Kier molecular flexibility index (Phi) is 7.22. The number of fused-ring (bicyclic) bond motifs is 1. The van der Waals surface area contributed by atoms with E-state index in [0.29, 0.717) is 59.7 Å². The topological polar surface area (TPSA) is 80.5 Å². The first-order valence-electron chi connectivity index (χ1n) is 10.6. The maximum atomic E-state index is 13.5. The molecule has 0 saturated heterocycles. The van der Waals surface area contributed by atoms with Gasteiger partial charge < -0.3 is 19.0 Å². The first-order valence-corrected chi connectivity index (χ1v) is 11.8. The average Bonchev–Trinajstić information content (AvgIpc) is 3.46. The number of hydrogen-bond acceptors (Lipinski definition) is 6. The Hall–Kier alpha value is -3.01. The zero-order chi connectivity index (χ0) is 23.4. The molecule has 172 valence electrons. The maximum absolute atomic E-state index is 13.5. The minimum Gasteiger partial charge on any atom is -0.467 e. The minimum absolute atomic E-state index is 0.150. The lowest BCUT2D eigenvalue weighted by atomic mass is 10.1. The highest BCUT2D eigenvalue weighted by Crippen LogP contribution is 2.21. The molecule has 0 aliphatic carbocycles. The van der Waals surface area contributed by atoms with E-state index in [-0.39, 0.29) is 11.5 Å². The van der Waals surface area contributed by atoms with E-state index in [4.69, 9.17) is 21.4 Å². The number of nitrogens with one attached hydrogen (secondary N) is 1. The molecular weight excluding hydrogens is 458 g/mol. The summed E-state index contributed by atoms with van der Waals surface area (Å²) in [6, 6.07) is 12.8. The van der Waals surface area contributed by atoms with Gasteiger partial charge in [-0.3, -0.25) is 14.2 Å². The van der Waals surface area contributed by atoms with Crippen LogP contribution in [0.5, 0.6) is 0 Å². The number of aryl methyl sites for hydroxylation is 1. The Bertz CT molecular complexity index is 1370. The number of nitrogens with zero attached hydrogens (tertiary/aromatic N) is 2. The van der Waals surface area contributed by atoms with E-state index in [1.54, 1.807) is 53.9 Å². The lowest BCUT2D eigenvalue weighted by Crippen LogP contribution is -2.30. The van der Waals surface area contributed by atoms with Gasteiger partial charge in [0.1, 0.15) is 5.76 Å². The van der Waals surface area contributed by atoms with Crippen LogP contribution in [0.1, 0.15) is 32.3 Å². The van der Waals surface area contributed by atoms with Crippen molar-refractivity contribution in [2.75, 3.05) is 13.7 Å². The minimum atomic E-state index is -0.176. The van der Waals surface area contributed by atoms with Crippen LogP contribution < -0.4 is 5.56 Å². The molecule has 3 heterocycles. The van der Waals surface area contributed by atoms with Crippen molar-refractivity contribution in [2.45, 2.75) is 33.0 Å². The Morgan fingerprint density at radius 3 is 2.79 bits per heavy atom. The van der Waals surface area contributed by atoms with Crippen molar-refractivity contribution in [3.05, 3.63) is 84.9 Å². The van der Waals surface area contributed by atoms with E-state index in [0.717, 1.165) is 4.88 Å². The van der Waals surface area contributed by atoms with Crippen molar-refractivity contribution >= 4 is 40.4 Å². The summed E-state index contributed by atoms with van der Waals surface area (Å²) in [5.41, 5.74) is 0.846. The Balaban J connectivity index is 1.66. The molecule has 0 saturated carbocycles. The second kappa shape index (κ2) is 10.3. The van der Waals surface area contributed by atoms with Crippen LogP contribution in [0.15, 0.2) is 57.9 Å². The third-order valence-electron chi connectivity index (χ3n) is 5.32. The van der Waals surface area contributed by atoms with E-state index in [2.05, 4.69) is 4.98 Å². The molecule has 0 radical (unpaired) electrons. The maximum Gasteiger partial charge on any atom is 0.262 e. The Morgan fingerprint density at radius 2 is 2.09 bits per heavy atom. The lowest BCUT2D eigenvalue weighted by molar-refractivity contribution is 0.0719. The number of carbonyl (C=O) groups is 1. The predicted octanol–water partition coefficient (Wildman–Crippen LogP) is 4.90. The van der Waals surface area contributed by atoms with Crippen LogP contribution >= 0.6 is 23.6 Å². The van der Waals surface area contributed by atoms with Crippen LogP contribution in [0.25, 0.3) is 10.9 Å². The molecule has 9 heteroatoms. The van der Waals surface area contributed by atoms with Gasteiger partial charge in [-0.25, -0.2) is 0 Å². The molecule has 33 heavy (non-hydrogen) atoms. The molecule has 3 aromatic heterocycles. The summed E-state index contributed by atoms with van der Waals surface area (Å²) in [6.07, 6.45) is 2.28. The van der Waals surface area contributed by atoms with Crippen LogP contribution in [0, 0.1) is 11.7 Å². The van der Waals surface area contributed by atoms with E-state index in [1.165, 1.54) is 9.44 Å². The molecule has 1 N–H and O–H groups in total. The molecular formula is C24H25N3O4S2. The molecule has 4 aromatic rings. The highest BCUT2D eigenvalue weighted by atomic mass is 32.1. The van der Waals surface area contributed by atoms with Gasteiger partial charge in [-0.15, -0.1) is 11.3 Å². The summed E-state index contributed by atoms with van der Waals surface area (Å²) in [5, 5.41) is 0.490. The van der Waals surface area contributed by atoms with Crippen molar-refractivity contribution in [3.63, 3.8) is 0 Å². The monoisotopic (exact) mass is 483 g/mol. The van der Waals surface area contributed by atoms with Gasteiger partial charge in [-0.2, -0.15) is 0 Å². The predicted molar refractivity (Wildman–Crippen MR) is 131 cm³/mol. The first-order chi connectivity index (χ1) is 16.0. The van der Waals surface area contributed by atoms with Crippen LogP contribution in [0.3, 0.4) is 0 Å². The SMILES string of the molecule is COCCCn1c(=S)[nH]c2cc(C(=O)N(Cc3ccco3)Cc3ccc(C)s3)ccc2c1=O. The molecule has 0 atom stereocenters. The molecule has 4 rings (SSSR count). The molecule has 7 nitrogen and oxygen atoms in total. The number of ether oxygens (including phenoxy) is 1. The van der Waals surface area contributed by atoms with Gasteiger partial charge in [0.05, 0.1) is 30.3 Å².